The smallest absolute Gasteiger partial charge is 0.259 e. The molecule has 0 fully saturated rings. The molecule has 0 aliphatic carbocycles. The molecule has 3 rings (SSSR count). The van der Waals surface area contributed by atoms with E-state index in [1.165, 1.54) is 0 Å². The van der Waals surface area contributed by atoms with Crippen molar-refractivity contribution in [3.8, 4) is 0 Å². The van der Waals surface area contributed by atoms with E-state index in [0.29, 0.717) is 5.56 Å². The minimum atomic E-state index is -0.178. The maximum absolute atomic E-state index is 12.3. The number of nitrogens with zero attached hydrogens (tertiary/aromatic N) is 1. The van der Waals surface area contributed by atoms with E-state index in [2.05, 4.69) is 15.6 Å². The van der Waals surface area contributed by atoms with Crippen molar-refractivity contribution in [1.82, 2.24) is 4.98 Å². The van der Waals surface area contributed by atoms with Crippen molar-refractivity contribution in [2.24, 2.45) is 0 Å². The molecule has 1 aromatic heterocycles. The first-order valence-corrected chi connectivity index (χ1v) is 6.70. The van der Waals surface area contributed by atoms with Crippen LogP contribution in [0.15, 0.2) is 60.9 Å². The largest absolute Gasteiger partial charge is 0.387 e. The molecule has 0 saturated heterocycles. The lowest BCUT2D eigenvalue weighted by Gasteiger charge is -2.09. The summed E-state index contributed by atoms with van der Waals surface area (Å²) in [5.41, 5.74) is 2.04. The number of hydrogen-bond donors (Lipinski definition) is 2. The van der Waals surface area contributed by atoms with Gasteiger partial charge in [-0.25, -0.2) is 0 Å². The Morgan fingerprint density at radius 2 is 1.86 bits per heavy atom. The zero-order valence-electron chi connectivity index (χ0n) is 11.6. The molecule has 0 radical (unpaired) electrons. The summed E-state index contributed by atoms with van der Waals surface area (Å²) in [6, 6.07) is 15.7. The van der Waals surface area contributed by atoms with Gasteiger partial charge in [0.25, 0.3) is 5.91 Å². The highest BCUT2D eigenvalue weighted by Crippen LogP contribution is 2.20. The lowest BCUT2D eigenvalue weighted by molar-refractivity contribution is 0.102. The number of benzene rings is 2. The SMILES string of the molecule is CNc1ccncc1C(=O)Nc1ccc2ccccc2c1. The van der Waals surface area contributed by atoms with Crippen LogP contribution >= 0.6 is 0 Å². The fourth-order valence-electron chi connectivity index (χ4n) is 2.26. The van der Waals surface area contributed by atoms with Gasteiger partial charge in [-0.2, -0.15) is 0 Å². The van der Waals surface area contributed by atoms with Crippen LogP contribution in [-0.2, 0) is 0 Å². The number of nitrogens with one attached hydrogen (secondary N) is 2. The molecule has 0 atom stereocenters. The zero-order chi connectivity index (χ0) is 14.7. The standard InChI is InChI=1S/C17H15N3O/c1-18-16-8-9-19-11-15(16)17(21)20-14-7-6-12-4-2-3-5-13(12)10-14/h2-11H,1H3,(H,18,19)(H,20,21). The number of anilines is 2. The van der Waals surface area contributed by atoms with Crippen LogP contribution in [-0.4, -0.2) is 17.9 Å². The molecule has 3 aromatic rings. The Morgan fingerprint density at radius 1 is 1.05 bits per heavy atom. The van der Waals surface area contributed by atoms with Gasteiger partial charge in [0, 0.05) is 30.8 Å². The first-order valence-electron chi connectivity index (χ1n) is 6.70. The van der Waals surface area contributed by atoms with Gasteiger partial charge in [-0.15, -0.1) is 0 Å². The van der Waals surface area contributed by atoms with Crippen LogP contribution in [0, 0.1) is 0 Å². The lowest BCUT2D eigenvalue weighted by Crippen LogP contribution is -2.14. The third kappa shape index (κ3) is 2.69. The zero-order valence-corrected chi connectivity index (χ0v) is 11.6. The number of carbonyl (C=O) groups is 1. The number of hydrogen-bond acceptors (Lipinski definition) is 3. The summed E-state index contributed by atoms with van der Waals surface area (Å²) in [5.74, 6) is -0.178. The normalized spacial score (nSPS) is 10.3. The van der Waals surface area contributed by atoms with Crippen molar-refractivity contribution < 1.29 is 4.79 Å². The second-order valence-electron chi connectivity index (χ2n) is 4.69. The predicted octanol–water partition coefficient (Wildman–Crippen LogP) is 3.53. The van der Waals surface area contributed by atoms with Crippen LogP contribution in [0.5, 0.6) is 0 Å². The van der Waals surface area contributed by atoms with Crippen molar-refractivity contribution in [2.75, 3.05) is 17.7 Å². The van der Waals surface area contributed by atoms with Gasteiger partial charge < -0.3 is 10.6 Å². The quantitative estimate of drug-likeness (QED) is 0.770. The number of amides is 1. The molecule has 1 heterocycles. The summed E-state index contributed by atoms with van der Waals surface area (Å²) >= 11 is 0. The summed E-state index contributed by atoms with van der Waals surface area (Å²) in [4.78, 5) is 16.3. The molecular formula is C17H15N3O. The van der Waals surface area contributed by atoms with Gasteiger partial charge in [-0.3, -0.25) is 9.78 Å². The molecule has 0 aliphatic rings. The van der Waals surface area contributed by atoms with E-state index in [1.54, 1.807) is 25.5 Å². The van der Waals surface area contributed by atoms with Crippen LogP contribution in [0.1, 0.15) is 10.4 Å². The second kappa shape index (κ2) is 5.63. The highest BCUT2D eigenvalue weighted by Gasteiger charge is 2.11. The molecule has 2 N–H and O–H groups in total. The molecule has 0 spiro atoms. The molecule has 0 unspecified atom stereocenters. The third-order valence-electron chi connectivity index (χ3n) is 3.34. The summed E-state index contributed by atoms with van der Waals surface area (Å²) in [7, 11) is 1.78. The van der Waals surface area contributed by atoms with Crippen LogP contribution < -0.4 is 10.6 Å². The van der Waals surface area contributed by atoms with Crippen molar-refractivity contribution in [3.63, 3.8) is 0 Å². The topological polar surface area (TPSA) is 54.0 Å². The van der Waals surface area contributed by atoms with Gasteiger partial charge in [0.1, 0.15) is 0 Å². The summed E-state index contributed by atoms with van der Waals surface area (Å²) in [5, 5.41) is 8.14. The highest BCUT2D eigenvalue weighted by atomic mass is 16.1. The van der Waals surface area contributed by atoms with Gasteiger partial charge in [-0.1, -0.05) is 30.3 Å². The Hall–Kier alpha value is -2.88. The van der Waals surface area contributed by atoms with E-state index in [4.69, 9.17) is 0 Å². The van der Waals surface area contributed by atoms with E-state index in [-0.39, 0.29) is 5.91 Å². The second-order valence-corrected chi connectivity index (χ2v) is 4.69. The van der Waals surface area contributed by atoms with Gasteiger partial charge in [0.15, 0.2) is 0 Å². The number of carbonyl (C=O) groups excluding carboxylic acids is 1. The van der Waals surface area contributed by atoms with Crippen molar-refractivity contribution in [1.29, 1.82) is 0 Å². The molecule has 0 saturated carbocycles. The van der Waals surface area contributed by atoms with Crippen LogP contribution in [0.3, 0.4) is 0 Å². The van der Waals surface area contributed by atoms with Crippen LogP contribution in [0.2, 0.25) is 0 Å². The molecule has 104 valence electrons. The third-order valence-corrected chi connectivity index (χ3v) is 3.34. The molecule has 21 heavy (non-hydrogen) atoms. The maximum atomic E-state index is 12.3. The number of pyridine rings is 1. The fraction of sp³-hybridized carbons (Fsp3) is 0.0588. The lowest BCUT2D eigenvalue weighted by atomic mass is 10.1. The minimum Gasteiger partial charge on any atom is -0.387 e. The Balaban J connectivity index is 1.89. The number of aromatic nitrogens is 1. The fourth-order valence-corrected chi connectivity index (χ4v) is 2.26. The van der Waals surface area contributed by atoms with E-state index >= 15 is 0 Å². The van der Waals surface area contributed by atoms with E-state index in [1.807, 2.05) is 42.5 Å². The molecule has 2 aromatic carbocycles. The van der Waals surface area contributed by atoms with Crippen molar-refractivity contribution >= 4 is 28.1 Å². The molecular weight excluding hydrogens is 262 g/mol. The van der Waals surface area contributed by atoms with Crippen LogP contribution in [0.4, 0.5) is 11.4 Å². The molecule has 0 bridgehead atoms. The Kier molecular flexibility index (Phi) is 3.51. The van der Waals surface area contributed by atoms with Crippen molar-refractivity contribution in [2.45, 2.75) is 0 Å². The average molecular weight is 277 g/mol. The minimum absolute atomic E-state index is 0.178. The van der Waals surface area contributed by atoms with Gasteiger partial charge >= 0.3 is 0 Å². The van der Waals surface area contributed by atoms with E-state index in [9.17, 15) is 4.79 Å². The number of rotatable bonds is 3. The predicted molar refractivity (Wildman–Crippen MR) is 85.7 cm³/mol. The molecule has 0 aliphatic heterocycles. The first-order chi connectivity index (χ1) is 10.3. The van der Waals surface area contributed by atoms with E-state index < -0.39 is 0 Å². The molecule has 1 amide bonds. The van der Waals surface area contributed by atoms with Gasteiger partial charge in [0.05, 0.1) is 5.56 Å². The van der Waals surface area contributed by atoms with Crippen molar-refractivity contribution in [3.05, 3.63) is 66.5 Å². The average Bonchev–Trinajstić information content (AvgIpc) is 2.54. The van der Waals surface area contributed by atoms with Crippen LogP contribution in [0.25, 0.3) is 10.8 Å². The molecule has 4 heteroatoms. The highest BCUT2D eigenvalue weighted by molar-refractivity contribution is 6.08. The summed E-state index contributed by atoms with van der Waals surface area (Å²) in [6.45, 7) is 0. The number of fused-ring (bicyclic) bond motifs is 1. The first kappa shape index (κ1) is 13.1. The maximum Gasteiger partial charge on any atom is 0.259 e. The van der Waals surface area contributed by atoms with Gasteiger partial charge in [0.2, 0.25) is 0 Å². The Morgan fingerprint density at radius 3 is 2.67 bits per heavy atom. The molecule has 4 nitrogen and oxygen atoms in total. The summed E-state index contributed by atoms with van der Waals surface area (Å²) in [6.07, 6.45) is 3.21. The Labute approximate surface area is 122 Å². The van der Waals surface area contributed by atoms with E-state index in [0.717, 1.165) is 22.1 Å². The Bertz CT molecular complexity index is 799. The monoisotopic (exact) mass is 277 g/mol. The van der Waals surface area contributed by atoms with Gasteiger partial charge in [-0.05, 0) is 29.0 Å². The summed E-state index contributed by atoms with van der Waals surface area (Å²) < 4.78 is 0.